The fourth-order valence-electron chi connectivity index (χ4n) is 1.72. The van der Waals surface area contributed by atoms with Gasteiger partial charge in [-0.3, -0.25) is 4.68 Å². The van der Waals surface area contributed by atoms with Crippen LogP contribution in [-0.2, 0) is 19.6 Å². The lowest BCUT2D eigenvalue weighted by molar-refractivity contribution is 0.269. The van der Waals surface area contributed by atoms with Crippen molar-refractivity contribution in [1.82, 2.24) is 15.1 Å². The van der Waals surface area contributed by atoms with Crippen LogP contribution < -0.4 is 5.32 Å². The van der Waals surface area contributed by atoms with Crippen molar-refractivity contribution in [2.24, 2.45) is 0 Å². The van der Waals surface area contributed by atoms with E-state index in [1.54, 1.807) is 16.9 Å². The molecule has 0 atom stereocenters. The van der Waals surface area contributed by atoms with Crippen molar-refractivity contribution in [1.29, 1.82) is 0 Å². The second-order valence-corrected chi connectivity index (χ2v) is 4.19. The third kappa shape index (κ3) is 3.84. The van der Waals surface area contributed by atoms with E-state index in [0.29, 0.717) is 25.2 Å². The number of benzene rings is 1. The van der Waals surface area contributed by atoms with Gasteiger partial charge >= 0.3 is 0 Å². The standard InChI is InChI=1S/C13H15F2N3O/c14-12-2-1-10(5-13(12)15)6-16-7-11-8-17-18(9-11)3-4-19/h1-2,5,8-9,16,19H,3-4,6-7H2. The molecule has 19 heavy (non-hydrogen) atoms. The average molecular weight is 267 g/mol. The molecule has 0 aliphatic rings. The van der Waals surface area contributed by atoms with E-state index in [2.05, 4.69) is 10.4 Å². The van der Waals surface area contributed by atoms with Crippen molar-refractivity contribution in [2.45, 2.75) is 19.6 Å². The molecule has 0 fully saturated rings. The second-order valence-electron chi connectivity index (χ2n) is 4.19. The van der Waals surface area contributed by atoms with E-state index < -0.39 is 11.6 Å². The molecule has 0 saturated carbocycles. The minimum absolute atomic E-state index is 0.0450. The number of hydrogen-bond acceptors (Lipinski definition) is 3. The first-order valence-electron chi connectivity index (χ1n) is 5.96. The molecular formula is C13H15F2N3O. The molecule has 4 nitrogen and oxygen atoms in total. The maximum absolute atomic E-state index is 13.0. The molecule has 0 aliphatic carbocycles. The SMILES string of the molecule is OCCn1cc(CNCc2ccc(F)c(F)c2)cn1. The molecule has 1 aromatic heterocycles. The van der Waals surface area contributed by atoms with Gasteiger partial charge < -0.3 is 10.4 Å². The molecule has 2 rings (SSSR count). The van der Waals surface area contributed by atoms with Crippen molar-refractivity contribution >= 4 is 0 Å². The normalized spacial score (nSPS) is 10.9. The zero-order valence-electron chi connectivity index (χ0n) is 10.3. The molecule has 0 saturated heterocycles. The molecule has 102 valence electrons. The minimum atomic E-state index is -0.839. The van der Waals surface area contributed by atoms with Gasteiger partial charge in [-0.25, -0.2) is 8.78 Å². The third-order valence-electron chi connectivity index (χ3n) is 2.66. The van der Waals surface area contributed by atoms with Gasteiger partial charge in [-0.15, -0.1) is 0 Å². The van der Waals surface area contributed by atoms with Crippen LogP contribution >= 0.6 is 0 Å². The monoisotopic (exact) mass is 267 g/mol. The molecule has 1 heterocycles. The summed E-state index contributed by atoms with van der Waals surface area (Å²) < 4.78 is 27.4. The van der Waals surface area contributed by atoms with Crippen LogP contribution in [0.2, 0.25) is 0 Å². The van der Waals surface area contributed by atoms with Gasteiger partial charge in [0.25, 0.3) is 0 Å². The number of aliphatic hydroxyl groups excluding tert-OH is 1. The number of nitrogens with one attached hydrogen (secondary N) is 1. The summed E-state index contributed by atoms with van der Waals surface area (Å²) in [5, 5.41) is 15.9. The molecule has 0 bridgehead atoms. The Hall–Kier alpha value is -1.79. The van der Waals surface area contributed by atoms with Gasteiger partial charge in [0.2, 0.25) is 0 Å². The molecular weight excluding hydrogens is 252 g/mol. The lowest BCUT2D eigenvalue weighted by Crippen LogP contribution is -2.12. The molecule has 2 aromatic rings. The van der Waals surface area contributed by atoms with Crippen LogP contribution in [0.1, 0.15) is 11.1 Å². The highest BCUT2D eigenvalue weighted by atomic mass is 19.2. The van der Waals surface area contributed by atoms with Gasteiger partial charge in [-0.1, -0.05) is 6.07 Å². The Bertz CT molecular complexity index is 542. The van der Waals surface area contributed by atoms with Crippen LogP contribution in [0.3, 0.4) is 0 Å². The lowest BCUT2D eigenvalue weighted by atomic mass is 10.2. The van der Waals surface area contributed by atoms with E-state index in [1.165, 1.54) is 6.07 Å². The minimum Gasteiger partial charge on any atom is -0.394 e. The van der Waals surface area contributed by atoms with Crippen molar-refractivity contribution < 1.29 is 13.9 Å². The van der Waals surface area contributed by atoms with Gasteiger partial charge in [0.05, 0.1) is 19.3 Å². The van der Waals surface area contributed by atoms with Crippen LogP contribution in [-0.4, -0.2) is 21.5 Å². The smallest absolute Gasteiger partial charge is 0.159 e. The Labute approximate surface area is 109 Å². The van der Waals surface area contributed by atoms with E-state index in [4.69, 9.17) is 5.11 Å². The summed E-state index contributed by atoms with van der Waals surface area (Å²) in [5.74, 6) is -1.68. The van der Waals surface area contributed by atoms with Gasteiger partial charge in [-0.05, 0) is 17.7 Å². The third-order valence-corrected chi connectivity index (χ3v) is 2.66. The fraction of sp³-hybridized carbons (Fsp3) is 0.308. The number of aromatic nitrogens is 2. The van der Waals surface area contributed by atoms with Crippen LogP contribution in [0.25, 0.3) is 0 Å². The predicted octanol–water partition coefficient (Wildman–Crippen LogP) is 1.44. The maximum atomic E-state index is 13.0. The maximum Gasteiger partial charge on any atom is 0.159 e. The summed E-state index contributed by atoms with van der Waals surface area (Å²) in [4.78, 5) is 0. The number of aliphatic hydroxyl groups is 1. The van der Waals surface area contributed by atoms with Crippen molar-refractivity contribution in [3.63, 3.8) is 0 Å². The Kier molecular flexibility index (Phi) is 4.59. The summed E-state index contributed by atoms with van der Waals surface area (Å²) in [6.45, 7) is 1.53. The number of hydrogen-bond donors (Lipinski definition) is 2. The van der Waals surface area contributed by atoms with Crippen molar-refractivity contribution in [2.75, 3.05) is 6.61 Å². The van der Waals surface area contributed by atoms with E-state index in [-0.39, 0.29) is 6.61 Å². The van der Waals surface area contributed by atoms with Crippen LogP contribution in [0, 0.1) is 11.6 Å². The number of rotatable bonds is 6. The topological polar surface area (TPSA) is 50.1 Å². The summed E-state index contributed by atoms with van der Waals surface area (Å²) in [6.07, 6.45) is 3.53. The summed E-state index contributed by atoms with van der Waals surface area (Å²) in [7, 11) is 0. The van der Waals surface area contributed by atoms with Gasteiger partial charge in [0.15, 0.2) is 11.6 Å². The van der Waals surface area contributed by atoms with Gasteiger partial charge in [0, 0.05) is 24.8 Å². The Morgan fingerprint density at radius 1 is 1.16 bits per heavy atom. The van der Waals surface area contributed by atoms with Crippen molar-refractivity contribution in [3.05, 3.63) is 53.4 Å². The first kappa shape index (κ1) is 13.6. The summed E-state index contributed by atoms with van der Waals surface area (Å²) in [6, 6.07) is 3.84. The van der Waals surface area contributed by atoms with E-state index in [9.17, 15) is 8.78 Å². The largest absolute Gasteiger partial charge is 0.394 e. The zero-order valence-corrected chi connectivity index (χ0v) is 10.3. The van der Waals surface area contributed by atoms with Crippen molar-refractivity contribution in [3.8, 4) is 0 Å². The Balaban J connectivity index is 1.83. The molecule has 6 heteroatoms. The van der Waals surface area contributed by atoms with Crippen LogP contribution in [0.4, 0.5) is 8.78 Å². The van der Waals surface area contributed by atoms with E-state index in [0.717, 1.165) is 11.6 Å². The second kappa shape index (κ2) is 6.40. The zero-order chi connectivity index (χ0) is 13.7. The van der Waals surface area contributed by atoms with Crippen LogP contribution in [0.5, 0.6) is 0 Å². The predicted molar refractivity (Wildman–Crippen MR) is 66.2 cm³/mol. The molecule has 0 radical (unpaired) electrons. The highest BCUT2D eigenvalue weighted by molar-refractivity contribution is 5.17. The highest BCUT2D eigenvalue weighted by Gasteiger charge is 2.03. The quantitative estimate of drug-likeness (QED) is 0.832. The fourth-order valence-corrected chi connectivity index (χ4v) is 1.72. The number of nitrogens with zero attached hydrogens (tertiary/aromatic N) is 2. The molecule has 2 N–H and O–H groups in total. The van der Waals surface area contributed by atoms with Gasteiger partial charge in [0.1, 0.15) is 0 Å². The van der Waals surface area contributed by atoms with E-state index >= 15 is 0 Å². The van der Waals surface area contributed by atoms with E-state index in [1.807, 2.05) is 6.20 Å². The lowest BCUT2D eigenvalue weighted by Gasteiger charge is -2.04. The van der Waals surface area contributed by atoms with Gasteiger partial charge in [-0.2, -0.15) is 5.10 Å². The summed E-state index contributed by atoms with van der Waals surface area (Å²) >= 11 is 0. The highest BCUT2D eigenvalue weighted by Crippen LogP contribution is 2.08. The van der Waals surface area contributed by atoms with Crippen LogP contribution in [0.15, 0.2) is 30.6 Å². The number of halogens is 2. The molecule has 0 unspecified atom stereocenters. The Morgan fingerprint density at radius 2 is 1.95 bits per heavy atom. The molecule has 1 aromatic carbocycles. The first-order chi connectivity index (χ1) is 9.19. The summed E-state index contributed by atoms with van der Waals surface area (Å²) in [5.41, 5.74) is 1.65. The Morgan fingerprint density at radius 3 is 2.68 bits per heavy atom. The first-order valence-corrected chi connectivity index (χ1v) is 5.96. The molecule has 0 aliphatic heterocycles. The molecule has 0 spiro atoms. The average Bonchev–Trinajstić information content (AvgIpc) is 2.82. The molecule has 0 amide bonds.